The molecule has 2 N–H and O–H groups in total. The molecular weight excluding hydrogens is 312 g/mol. The van der Waals surface area contributed by atoms with Crippen LogP contribution in [0.1, 0.15) is 30.3 Å². The van der Waals surface area contributed by atoms with Gasteiger partial charge in [-0.25, -0.2) is 4.52 Å². The first kappa shape index (κ1) is 15.0. The highest BCUT2D eigenvalue weighted by Crippen LogP contribution is 2.27. The number of methoxy groups -OCH3 is 1. The molecule has 1 aliphatic rings. The monoisotopic (exact) mass is 330 g/mol. The fourth-order valence-electron chi connectivity index (χ4n) is 3.13. The molecule has 1 fully saturated rings. The summed E-state index contributed by atoms with van der Waals surface area (Å²) in [6.07, 6.45) is 3.61. The number of nitrogens with zero attached hydrogens (tertiary/aromatic N) is 4. The summed E-state index contributed by atoms with van der Waals surface area (Å²) < 4.78 is 11.9. The largest absolute Gasteiger partial charge is 0.375 e. The van der Waals surface area contributed by atoms with E-state index in [2.05, 4.69) is 25.5 Å². The van der Waals surface area contributed by atoms with Crippen molar-refractivity contribution in [3.05, 3.63) is 34.2 Å². The molecule has 24 heavy (non-hydrogen) atoms. The van der Waals surface area contributed by atoms with Crippen molar-refractivity contribution in [2.75, 3.05) is 20.2 Å². The minimum atomic E-state index is -0.154. The number of aromatic amines is 1. The van der Waals surface area contributed by atoms with E-state index in [0.717, 1.165) is 31.6 Å². The Morgan fingerprint density at radius 2 is 2.25 bits per heavy atom. The second-order valence-electron chi connectivity index (χ2n) is 5.85. The minimum Gasteiger partial charge on any atom is -0.375 e. The average Bonchev–Trinajstić information content (AvgIpc) is 3.22. The number of aromatic nitrogens is 5. The lowest BCUT2D eigenvalue weighted by Gasteiger charge is -2.23. The molecule has 9 nitrogen and oxygen atoms in total. The average molecular weight is 330 g/mol. The van der Waals surface area contributed by atoms with Crippen LogP contribution in [0, 0.1) is 0 Å². The van der Waals surface area contributed by atoms with Crippen molar-refractivity contribution in [1.82, 2.24) is 30.1 Å². The highest BCUT2D eigenvalue weighted by atomic mass is 16.5. The van der Waals surface area contributed by atoms with Crippen LogP contribution in [-0.2, 0) is 11.3 Å². The Labute approximate surface area is 137 Å². The number of hydrogen-bond donors (Lipinski definition) is 2. The lowest BCUT2D eigenvalue weighted by molar-refractivity contribution is 0.151. The zero-order valence-electron chi connectivity index (χ0n) is 13.3. The third-order valence-electron chi connectivity index (χ3n) is 4.27. The van der Waals surface area contributed by atoms with E-state index < -0.39 is 0 Å². The summed E-state index contributed by atoms with van der Waals surface area (Å²) in [5, 5.41) is 11.7. The van der Waals surface area contributed by atoms with Gasteiger partial charge in [0.05, 0.1) is 17.5 Å². The van der Waals surface area contributed by atoms with Crippen molar-refractivity contribution in [3.63, 3.8) is 0 Å². The Hall–Kier alpha value is -2.52. The maximum atomic E-state index is 12.1. The highest BCUT2D eigenvalue weighted by molar-refractivity contribution is 5.71. The second-order valence-corrected chi connectivity index (χ2v) is 5.85. The van der Waals surface area contributed by atoms with Crippen molar-refractivity contribution in [2.45, 2.75) is 25.4 Å². The van der Waals surface area contributed by atoms with Crippen LogP contribution in [0.3, 0.4) is 0 Å². The zero-order chi connectivity index (χ0) is 16.5. The summed E-state index contributed by atoms with van der Waals surface area (Å²) in [7, 11) is 1.56. The van der Waals surface area contributed by atoms with Gasteiger partial charge in [0.15, 0.2) is 0 Å². The number of rotatable bonds is 4. The van der Waals surface area contributed by atoms with Crippen molar-refractivity contribution >= 4 is 5.65 Å². The van der Waals surface area contributed by atoms with Crippen molar-refractivity contribution < 1.29 is 9.26 Å². The molecule has 9 heteroatoms. The number of fused-ring (bicyclic) bond motifs is 1. The van der Waals surface area contributed by atoms with Crippen molar-refractivity contribution in [3.8, 4) is 11.4 Å². The molecule has 3 aromatic rings. The summed E-state index contributed by atoms with van der Waals surface area (Å²) >= 11 is 0. The van der Waals surface area contributed by atoms with Crippen LogP contribution in [0.2, 0.25) is 0 Å². The van der Waals surface area contributed by atoms with E-state index in [4.69, 9.17) is 9.26 Å². The Morgan fingerprint density at radius 3 is 3.04 bits per heavy atom. The fraction of sp³-hybridized carbons (Fsp3) is 0.467. The third-order valence-corrected chi connectivity index (χ3v) is 4.27. The molecule has 0 unspecified atom stereocenters. The first-order valence-corrected chi connectivity index (χ1v) is 7.90. The summed E-state index contributed by atoms with van der Waals surface area (Å²) in [6, 6.07) is 1.63. The molecule has 126 valence electrons. The Morgan fingerprint density at radius 1 is 1.42 bits per heavy atom. The van der Waals surface area contributed by atoms with E-state index in [1.165, 1.54) is 0 Å². The first-order chi connectivity index (χ1) is 11.8. The van der Waals surface area contributed by atoms with Gasteiger partial charge in [-0.3, -0.25) is 4.79 Å². The quantitative estimate of drug-likeness (QED) is 0.724. The zero-order valence-corrected chi connectivity index (χ0v) is 13.3. The highest BCUT2D eigenvalue weighted by Gasteiger charge is 2.22. The van der Waals surface area contributed by atoms with E-state index in [9.17, 15) is 4.79 Å². The van der Waals surface area contributed by atoms with E-state index in [0.29, 0.717) is 28.8 Å². The van der Waals surface area contributed by atoms with Gasteiger partial charge in [0.25, 0.3) is 11.4 Å². The van der Waals surface area contributed by atoms with Gasteiger partial charge in [-0.05, 0) is 25.9 Å². The summed E-state index contributed by atoms with van der Waals surface area (Å²) in [4.78, 5) is 19.2. The summed E-state index contributed by atoms with van der Waals surface area (Å²) in [6.45, 7) is 2.12. The van der Waals surface area contributed by atoms with Gasteiger partial charge in [0.2, 0.25) is 5.82 Å². The molecule has 1 aliphatic heterocycles. The van der Waals surface area contributed by atoms with Gasteiger partial charge in [-0.1, -0.05) is 5.16 Å². The Kier molecular flexibility index (Phi) is 3.87. The summed E-state index contributed by atoms with van der Waals surface area (Å²) in [5.41, 5.74) is 1.98. The normalized spacial score (nSPS) is 16.0. The molecule has 4 heterocycles. The Balaban J connectivity index is 1.80. The molecule has 0 atom stereocenters. The number of H-pyrrole nitrogens is 1. The van der Waals surface area contributed by atoms with E-state index >= 15 is 0 Å². The van der Waals surface area contributed by atoms with Crippen LogP contribution in [0.4, 0.5) is 0 Å². The van der Waals surface area contributed by atoms with Crippen LogP contribution < -0.4 is 10.9 Å². The lowest BCUT2D eigenvalue weighted by atomic mass is 9.94. The minimum absolute atomic E-state index is 0.154. The number of piperidine rings is 1. The maximum Gasteiger partial charge on any atom is 0.252 e. The van der Waals surface area contributed by atoms with Crippen LogP contribution >= 0.6 is 0 Å². The van der Waals surface area contributed by atoms with Crippen LogP contribution in [0.15, 0.2) is 21.6 Å². The standard InChI is InChI=1S/C15H18N6O3/c1-23-8-13-19-14(20-24-13)10-7-17-21-11(6-12(22)18-15(10)21)9-2-4-16-5-3-9/h6-7,9,16H,2-5,8H2,1H3,(H,18,22). The van der Waals surface area contributed by atoms with E-state index in [1.807, 2.05) is 0 Å². The van der Waals surface area contributed by atoms with Gasteiger partial charge in [0.1, 0.15) is 12.3 Å². The van der Waals surface area contributed by atoms with Gasteiger partial charge in [-0.15, -0.1) is 0 Å². The molecule has 0 bridgehead atoms. The number of hydrogen-bond acceptors (Lipinski definition) is 7. The van der Waals surface area contributed by atoms with Crippen LogP contribution in [0.25, 0.3) is 17.0 Å². The predicted octanol–water partition coefficient (Wildman–Crippen LogP) is 0.686. The fourth-order valence-corrected chi connectivity index (χ4v) is 3.13. The maximum absolute atomic E-state index is 12.1. The van der Waals surface area contributed by atoms with Gasteiger partial charge >= 0.3 is 0 Å². The SMILES string of the molecule is COCc1nc(-c2cnn3c(C4CCNCC4)cc(=O)[nH]c23)no1. The topological polar surface area (TPSA) is 110 Å². The molecule has 0 aromatic carbocycles. The smallest absolute Gasteiger partial charge is 0.252 e. The third kappa shape index (κ3) is 2.61. The molecule has 4 rings (SSSR count). The molecule has 0 saturated carbocycles. The second kappa shape index (κ2) is 6.17. The molecule has 0 aliphatic carbocycles. The van der Waals surface area contributed by atoms with Gasteiger partial charge < -0.3 is 19.6 Å². The van der Waals surface area contributed by atoms with Gasteiger partial charge in [-0.2, -0.15) is 10.1 Å². The van der Waals surface area contributed by atoms with E-state index in [-0.39, 0.29) is 12.2 Å². The van der Waals surface area contributed by atoms with E-state index in [1.54, 1.807) is 23.9 Å². The number of ether oxygens (including phenoxy) is 1. The Bertz CT molecular complexity index is 905. The van der Waals surface area contributed by atoms with Gasteiger partial charge in [0, 0.05) is 19.1 Å². The van der Waals surface area contributed by atoms with Crippen molar-refractivity contribution in [1.29, 1.82) is 0 Å². The molecule has 0 radical (unpaired) electrons. The first-order valence-electron chi connectivity index (χ1n) is 7.90. The molecule has 1 saturated heterocycles. The lowest BCUT2D eigenvalue weighted by Crippen LogP contribution is -2.28. The van der Waals surface area contributed by atoms with Crippen LogP contribution in [0.5, 0.6) is 0 Å². The molecule has 0 spiro atoms. The molecule has 3 aromatic heterocycles. The predicted molar refractivity (Wildman–Crippen MR) is 84.7 cm³/mol. The van der Waals surface area contributed by atoms with Crippen molar-refractivity contribution in [2.24, 2.45) is 0 Å². The molecule has 0 amide bonds. The summed E-state index contributed by atoms with van der Waals surface area (Å²) in [5.74, 6) is 1.07. The van der Waals surface area contributed by atoms with Crippen LogP contribution in [-0.4, -0.2) is 44.9 Å². The molecular formula is C15H18N6O3. The number of nitrogens with one attached hydrogen (secondary N) is 2.